The standard InChI is InChI=1S/C20H27F3N4O/c1-3-24-19(25-11-10-20(21,22)23)26-13-16-7-4-5-8-17(16)14-27(2)15-18-9-6-12-28-18/h4-9,12H,3,10-11,13-15H2,1-2H3,(H2,24,25,26). The Morgan fingerprint density at radius 2 is 1.82 bits per heavy atom. The second-order valence-corrected chi connectivity index (χ2v) is 6.51. The minimum absolute atomic E-state index is 0.205. The number of rotatable bonds is 9. The predicted octanol–water partition coefficient (Wildman–Crippen LogP) is 3.92. The highest BCUT2D eigenvalue weighted by atomic mass is 19.4. The zero-order valence-corrected chi connectivity index (χ0v) is 16.2. The van der Waals surface area contributed by atoms with Gasteiger partial charge in [-0.2, -0.15) is 13.2 Å². The smallest absolute Gasteiger partial charge is 0.390 e. The van der Waals surface area contributed by atoms with Gasteiger partial charge in [0, 0.05) is 19.6 Å². The van der Waals surface area contributed by atoms with Gasteiger partial charge in [0.15, 0.2) is 5.96 Å². The summed E-state index contributed by atoms with van der Waals surface area (Å²) >= 11 is 0. The number of hydrogen-bond acceptors (Lipinski definition) is 3. The lowest BCUT2D eigenvalue weighted by Crippen LogP contribution is -2.38. The number of hydrogen-bond donors (Lipinski definition) is 2. The Hall–Kier alpha value is -2.48. The van der Waals surface area contributed by atoms with Crippen LogP contribution in [0.1, 0.15) is 30.2 Å². The van der Waals surface area contributed by atoms with E-state index in [0.717, 1.165) is 16.9 Å². The zero-order valence-electron chi connectivity index (χ0n) is 16.2. The van der Waals surface area contributed by atoms with Crippen molar-refractivity contribution < 1.29 is 17.6 Å². The lowest BCUT2D eigenvalue weighted by molar-refractivity contribution is -0.132. The van der Waals surface area contributed by atoms with E-state index in [0.29, 0.717) is 32.1 Å². The van der Waals surface area contributed by atoms with E-state index in [1.165, 1.54) is 0 Å². The van der Waals surface area contributed by atoms with Gasteiger partial charge in [0.1, 0.15) is 5.76 Å². The average molecular weight is 396 g/mol. The molecular formula is C20H27F3N4O. The predicted molar refractivity (Wildman–Crippen MR) is 104 cm³/mol. The van der Waals surface area contributed by atoms with E-state index >= 15 is 0 Å². The number of halogens is 3. The molecule has 0 radical (unpaired) electrons. The van der Waals surface area contributed by atoms with Crippen molar-refractivity contribution in [3.63, 3.8) is 0 Å². The summed E-state index contributed by atoms with van der Waals surface area (Å²) in [4.78, 5) is 6.57. The lowest BCUT2D eigenvalue weighted by atomic mass is 10.1. The Morgan fingerprint density at radius 1 is 1.07 bits per heavy atom. The van der Waals surface area contributed by atoms with Gasteiger partial charge in [-0.25, -0.2) is 4.99 Å². The van der Waals surface area contributed by atoms with Gasteiger partial charge in [-0.1, -0.05) is 24.3 Å². The van der Waals surface area contributed by atoms with Crippen LogP contribution in [-0.4, -0.2) is 37.2 Å². The van der Waals surface area contributed by atoms with E-state index in [2.05, 4.69) is 20.5 Å². The monoisotopic (exact) mass is 396 g/mol. The van der Waals surface area contributed by atoms with Crippen LogP contribution in [0.2, 0.25) is 0 Å². The van der Waals surface area contributed by atoms with E-state index in [1.54, 1.807) is 6.26 Å². The Balaban J connectivity index is 1.98. The summed E-state index contributed by atoms with van der Waals surface area (Å²) in [5.74, 6) is 1.27. The number of aliphatic imine (C=N–C) groups is 1. The summed E-state index contributed by atoms with van der Waals surface area (Å²) in [7, 11) is 2.01. The minimum Gasteiger partial charge on any atom is -0.468 e. The number of alkyl halides is 3. The van der Waals surface area contributed by atoms with Crippen LogP contribution >= 0.6 is 0 Å². The second-order valence-electron chi connectivity index (χ2n) is 6.51. The Morgan fingerprint density at radius 3 is 2.46 bits per heavy atom. The minimum atomic E-state index is -4.19. The van der Waals surface area contributed by atoms with Gasteiger partial charge >= 0.3 is 6.18 Å². The molecule has 2 aromatic rings. The lowest BCUT2D eigenvalue weighted by Gasteiger charge is -2.18. The molecular weight excluding hydrogens is 369 g/mol. The van der Waals surface area contributed by atoms with Crippen molar-refractivity contribution in [3.05, 3.63) is 59.5 Å². The fraction of sp³-hybridized carbons (Fsp3) is 0.450. The first-order chi connectivity index (χ1) is 13.4. The average Bonchev–Trinajstić information content (AvgIpc) is 3.12. The first-order valence-corrected chi connectivity index (χ1v) is 9.24. The maximum atomic E-state index is 12.3. The van der Waals surface area contributed by atoms with Gasteiger partial charge in [-0.05, 0) is 37.2 Å². The van der Waals surface area contributed by atoms with Crippen LogP contribution in [0.5, 0.6) is 0 Å². The molecule has 1 heterocycles. The first-order valence-electron chi connectivity index (χ1n) is 9.24. The van der Waals surface area contributed by atoms with E-state index in [1.807, 2.05) is 50.4 Å². The van der Waals surface area contributed by atoms with Crippen LogP contribution in [0.3, 0.4) is 0 Å². The molecule has 0 fully saturated rings. The van der Waals surface area contributed by atoms with Gasteiger partial charge in [-0.15, -0.1) is 0 Å². The van der Waals surface area contributed by atoms with E-state index < -0.39 is 12.6 Å². The molecule has 0 aliphatic carbocycles. The van der Waals surface area contributed by atoms with Crippen LogP contribution in [-0.2, 0) is 19.6 Å². The summed E-state index contributed by atoms with van der Waals surface area (Å²) in [6, 6.07) is 11.7. The van der Waals surface area contributed by atoms with Gasteiger partial charge in [0.05, 0.1) is 25.8 Å². The number of furan rings is 1. The van der Waals surface area contributed by atoms with E-state index in [9.17, 15) is 13.2 Å². The van der Waals surface area contributed by atoms with Gasteiger partial charge in [0.25, 0.3) is 0 Å². The third-order valence-electron chi connectivity index (χ3n) is 4.02. The molecule has 0 unspecified atom stereocenters. The van der Waals surface area contributed by atoms with Crippen LogP contribution in [0.15, 0.2) is 52.1 Å². The topological polar surface area (TPSA) is 52.8 Å². The molecule has 2 rings (SSSR count). The Kier molecular flexibility index (Phi) is 8.38. The third kappa shape index (κ3) is 8.04. The number of guanidine groups is 1. The van der Waals surface area contributed by atoms with Crippen molar-refractivity contribution in [2.75, 3.05) is 20.1 Å². The SMILES string of the molecule is CCNC(=NCc1ccccc1CN(C)Cc1ccco1)NCCC(F)(F)F. The van der Waals surface area contributed by atoms with Gasteiger partial charge < -0.3 is 15.1 Å². The molecule has 0 spiro atoms. The van der Waals surface area contributed by atoms with Crippen LogP contribution < -0.4 is 10.6 Å². The molecule has 154 valence electrons. The summed E-state index contributed by atoms with van der Waals surface area (Å²) in [6.45, 7) is 4.02. The molecule has 0 aliphatic heterocycles. The van der Waals surface area contributed by atoms with Crippen LogP contribution in [0.25, 0.3) is 0 Å². The van der Waals surface area contributed by atoms with Crippen LogP contribution in [0.4, 0.5) is 13.2 Å². The maximum Gasteiger partial charge on any atom is 0.390 e. The molecule has 8 heteroatoms. The molecule has 1 aromatic heterocycles. The van der Waals surface area contributed by atoms with E-state index in [4.69, 9.17) is 4.42 Å². The largest absolute Gasteiger partial charge is 0.468 e. The van der Waals surface area contributed by atoms with Gasteiger partial charge in [-0.3, -0.25) is 4.90 Å². The Bertz CT molecular complexity index is 729. The number of benzene rings is 1. The highest BCUT2D eigenvalue weighted by Crippen LogP contribution is 2.18. The van der Waals surface area contributed by atoms with Crippen molar-refractivity contribution in [2.45, 2.75) is 39.2 Å². The van der Waals surface area contributed by atoms with E-state index in [-0.39, 0.29) is 6.54 Å². The quantitative estimate of drug-likeness (QED) is 0.498. The zero-order chi connectivity index (χ0) is 20.4. The first kappa shape index (κ1) is 21.8. The number of nitrogens with one attached hydrogen (secondary N) is 2. The molecule has 0 saturated heterocycles. The van der Waals surface area contributed by atoms with Crippen molar-refractivity contribution >= 4 is 5.96 Å². The number of nitrogens with zero attached hydrogens (tertiary/aromatic N) is 2. The normalized spacial score (nSPS) is 12.4. The molecule has 0 atom stereocenters. The Labute approximate surface area is 163 Å². The molecule has 28 heavy (non-hydrogen) atoms. The van der Waals surface area contributed by atoms with Gasteiger partial charge in [0.2, 0.25) is 0 Å². The molecule has 5 nitrogen and oxygen atoms in total. The van der Waals surface area contributed by atoms with Crippen molar-refractivity contribution in [1.82, 2.24) is 15.5 Å². The fourth-order valence-electron chi connectivity index (χ4n) is 2.71. The molecule has 2 N–H and O–H groups in total. The second kappa shape index (κ2) is 10.8. The van der Waals surface area contributed by atoms with Crippen molar-refractivity contribution in [1.29, 1.82) is 0 Å². The van der Waals surface area contributed by atoms with Crippen molar-refractivity contribution in [2.24, 2.45) is 4.99 Å². The third-order valence-corrected chi connectivity index (χ3v) is 4.02. The maximum absolute atomic E-state index is 12.3. The highest BCUT2D eigenvalue weighted by Gasteiger charge is 2.26. The molecule has 0 bridgehead atoms. The van der Waals surface area contributed by atoms with Crippen LogP contribution in [0, 0.1) is 0 Å². The highest BCUT2D eigenvalue weighted by molar-refractivity contribution is 5.79. The summed E-state index contributed by atoms with van der Waals surface area (Å²) in [5.41, 5.74) is 2.15. The molecule has 0 amide bonds. The summed E-state index contributed by atoms with van der Waals surface area (Å²) in [6.07, 6.45) is -3.43. The molecule has 1 aromatic carbocycles. The molecule has 0 aliphatic rings. The van der Waals surface area contributed by atoms with Crippen molar-refractivity contribution in [3.8, 4) is 0 Å². The summed E-state index contributed by atoms with van der Waals surface area (Å²) in [5, 5.41) is 5.71. The summed E-state index contributed by atoms with van der Waals surface area (Å²) < 4.78 is 42.4. The fourth-order valence-corrected chi connectivity index (χ4v) is 2.71. The molecule has 0 saturated carbocycles.